The molecule has 1 aliphatic heterocycles. The number of nitrogens with zero attached hydrogens (tertiary/aromatic N) is 4. The van der Waals surface area contributed by atoms with Crippen LogP contribution in [0.15, 0.2) is 5.16 Å². The Bertz CT molecular complexity index is 885. The van der Waals surface area contributed by atoms with Crippen LogP contribution in [0, 0.1) is 6.92 Å². The van der Waals surface area contributed by atoms with Crippen LogP contribution in [-0.4, -0.2) is 31.4 Å². The van der Waals surface area contributed by atoms with Crippen molar-refractivity contribution >= 4 is 39.0 Å². The van der Waals surface area contributed by atoms with E-state index < -0.39 is 0 Å². The van der Waals surface area contributed by atoms with Gasteiger partial charge in [0.25, 0.3) is 0 Å². The van der Waals surface area contributed by atoms with E-state index in [1.165, 1.54) is 15.8 Å². The summed E-state index contributed by atoms with van der Waals surface area (Å²) in [4.78, 5) is 7.18. The van der Waals surface area contributed by atoms with Crippen LogP contribution in [0.4, 0.5) is 0 Å². The minimum Gasteiger partial charge on any atom is -0.369 e. The van der Waals surface area contributed by atoms with Gasteiger partial charge in [-0.15, -0.1) is 21.5 Å². The van der Waals surface area contributed by atoms with E-state index in [-0.39, 0.29) is 5.60 Å². The lowest BCUT2D eigenvalue weighted by atomic mass is 9.90. The van der Waals surface area contributed by atoms with Gasteiger partial charge in [-0.25, -0.2) is 4.98 Å². The molecule has 0 radical (unpaired) electrons. The van der Waals surface area contributed by atoms with Gasteiger partial charge < -0.3 is 4.74 Å². The average molecular weight is 334 g/mol. The lowest BCUT2D eigenvalue weighted by Crippen LogP contribution is -2.33. The molecule has 7 heteroatoms. The molecule has 116 valence electrons. The van der Waals surface area contributed by atoms with Crippen molar-refractivity contribution in [2.45, 2.75) is 51.0 Å². The molecule has 4 rings (SSSR count). The van der Waals surface area contributed by atoms with E-state index in [4.69, 9.17) is 9.72 Å². The summed E-state index contributed by atoms with van der Waals surface area (Å²) in [5, 5.41) is 10.8. The number of hydrogen-bond donors (Lipinski definition) is 0. The second kappa shape index (κ2) is 4.91. The number of aromatic nitrogens is 4. The van der Waals surface area contributed by atoms with Crippen LogP contribution in [-0.2, 0) is 17.8 Å². The smallest absolute Gasteiger partial charge is 0.176 e. The van der Waals surface area contributed by atoms with Crippen LogP contribution in [0.25, 0.3) is 15.9 Å². The number of thiophene rings is 1. The zero-order valence-electron chi connectivity index (χ0n) is 13.1. The van der Waals surface area contributed by atoms with Crippen molar-refractivity contribution in [3.8, 4) is 0 Å². The Morgan fingerprint density at radius 2 is 2.23 bits per heavy atom. The van der Waals surface area contributed by atoms with Crippen molar-refractivity contribution in [3.63, 3.8) is 0 Å². The molecular weight excluding hydrogens is 316 g/mol. The van der Waals surface area contributed by atoms with Crippen LogP contribution in [0.2, 0.25) is 0 Å². The van der Waals surface area contributed by atoms with E-state index in [0.717, 1.165) is 34.3 Å². The predicted molar refractivity (Wildman–Crippen MR) is 89.9 cm³/mol. The van der Waals surface area contributed by atoms with E-state index in [1.54, 1.807) is 23.1 Å². The first-order chi connectivity index (χ1) is 10.6. The third-order valence-corrected chi connectivity index (χ3v) is 6.28. The molecule has 3 aromatic rings. The van der Waals surface area contributed by atoms with E-state index >= 15 is 0 Å². The van der Waals surface area contributed by atoms with Crippen molar-refractivity contribution in [2.75, 3.05) is 6.26 Å². The van der Waals surface area contributed by atoms with Crippen LogP contribution in [0.1, 0.15) is 36.5 Å². The van der Waals surface area contributed by atoms with Gasteiger partial charge in [-0.3, -0.25) is 4.40 Å². The second-order valence-electron chi connectivity index (χ2n) is 5.96. The summed E-state index contributed by atoms with van der Waals surface area (Å²) in [7, 11) is 0. The molecule has 0 saturated heterocycles. The van der Waals surface area contributed by atoms with Crippen LogP contribution in [0.5, 0.6) is 0 Å². The molecule has 0 bridgehead atoms. The standard InChI is InChI=1S/C15H18N4OS2/c1-5-15(3)6-9-10(7-20-15)22-13-11(9)12-18-17-8(2)19(12)14(16-13)21-4/h5-7H2,1-4H3/t15-/m0/s1. The first-order valence-electron chi connectivity index (χ1n) is 7.40. The molecule has 0 spiro atoms. The molecule has 3 aromatic heterocycles. The number of hydrogen-bond acceptors (Lipinski definition) is 6. The Morgan fingerprint density at radius 3 is 2.95 bits per heavy atom. The third kappa shape index (κ3) is 1.92. The van der Waals surface area contributed by atoms with Gasteiger partial charge in [-0.1, -0.05) is 18.7 Å². The molecule has 22 heavy (non-hydrogen) atoms. The average Bonchev–Trinajstić information content (AvgIpc) is 3.07. The highest BCUT2D eigenvalue weighted by molar-refractivity contribution is 7.98. The fourth-order valence-electron chi connectivity index (χ4n) is 3.03. The molecule has 5 nitrogen and oxygen atoms in total. The van der Waals surface area contributed by atoms with Gasteiger partial charge in [0.2, 0.25) is 0 Å². The fourth-order valence-corrected chi connectivity index (χ4v) is 4.77. The van der Waals surface area contributed by atoms with Crippen molar-refractivity contribution in [1.82, 2.24) is 19.6 Å². The largest absolute Gasteiger partial charge is 0.369 e. The van der Waals surface area contributed by atoms with E-state index in [2.05, 4.69) is 28.4 Å². The Morgan fingerprint density at radius 1 is 1.41 bits per heavy atom. The van der Waals surface area contributed by atoms with Gasteiger partial charge in [0, 0.05) is 11.3 Å². The Balaban J connectivity index is 2.06. The summed E-state index contributed by atoms with van der Waals surface area (Å²) in [6, 6.07) is 0. The highest BCUT2D eigenvalue weighted by Crippen LogP contribution is 2.41. The number of aryl methyl sites for hydroxylation is 1. The molecule has 0 unspecified atom stereocenters. The van der Waals surface area contributed by atoms with Crippen LogP contribution < -0.4 is 0 Å². The highest BCUT2D eigenvalue weighted by Gasteiger charge is 2.33. The SMILES string of the molecule is CC[C@@]1(C)Cc2c(sc3nc(SC)n4c(C)nnc4c23)CO1. The summed E-state index contributed by atoms with van der Waals surface area (Å²) in [5.41, 5.74) is 2.20. The fraction of sp³-hybridized carbons (Fsp3) is 0.533. The maximum Gasteiger partial charge on any atom is 0.176 e. The zero-order valence-corrected chi connectivity index (χ0v) is 14.8. The van der Waals surface area contributed by atoms with Crippen molar-refractivity contribution in [3.05, 3.63) is 16.3 Å². The summed E-state index contributed by atoms with van der Waals surface area (Å²) in [6.45, 7) is 7.02. The van der Waals surface area contributed by atoms with Crippen molar-refractivity contribution in [2.24, 2.45) is 0 Å². The van der Waals surface area contributed by atoms with Gasteiger partial charge in [0.1, 0.15) is 10.7 Å². The lowest BCUT2D eigenvalue weighted by Gasteiger charge is -2.32. The number of ether oxygens (including phenoxy) is 1. The molecular formula is C15H18N4OS2. The minimum atomic E-state index is -0.0920. The lowest BCUT2D eigenvalue weighted by molar-refractivity contribution is -0.0542. The quantitative estimate of drug-likeness (QED) is 0.529. The van der Waals surface area contributed by atoms with Gasteiger partial charge >= 0.3 is 0 Å². The van der Waals surface area contributed by atoms with Gasteiger partial charge in [0.15, 0.2) is 10.8 Å². The van der Waals surface area contributed by atoms with Crippen LogP contribution >= 0.6 is 23.1 Å². The van der Waals surface area contributed by atoms with Crippen molar-refractivity contribution < 1.29 is 4.74 Å². The van der Waals surface area contributed by atoms with Crippen molar-refractivity contribution in [1.29, 1.82) is 0 Å². The molecule has 0 aromatic carbocycles. The number of thioether (sulfide) groups is 1. The number of rotatable bonds is 2. The predicted octanol–water partition coefficient (Wildman–Crippen LogP) is 3.61. The maximum atomic E-state index is 6.08. The van der Waals surface area contributed by atoms with Crippen LogP contribution in [0.3, 0.4) is 0 Å². The Hall–Kier alpha value is -1.18. The van der Waals surface area contributed by atoms with Gasteiger partial charge in [0.05, 0.1) is 17.6 Å². The van der Waals surface area contributed by atoms with E-state index in [0.29, 0.717) is 6.61 Å². The molecule has 0 fully saturated rings. The van der Waals surface area contributed by atoms with Gasteiger partial charge in [-0.2, -0.15) is 0 Å². The topological polar surface area (TPSA) is 52.3 Å². The second-order valence-corrected chi connectivity index (χ2v) is 7.81. The normalized spacial score (nSPS) is 21.6. The molecule has 0 saturated carbocycles. The monoisotopic (exact) mass is 334 g/mol. The first kappa shape index (κ1) is 14.4. The van der Waals surface area contributed by atoms with E-state index in [1.807, 2.05) is 13.2 Å². The highest BCUT2D eigenvalue weighted by atomic mass is 32.2. The summed E-state index contributed by atoms with van der Waals surface area (Å²) < 4.78 is 8.15. The third-order valence-electron chi connectivity index (χ3n) is 4.54. The molecule has 0 aliphatic carbocycles. The summed E-state index contributed by atoms with van der Waals surface area (Å²) in [5.74, 6) is 0.888. The Kier molecular flexibility index (Phi) is 3.22. The van der Waals surface area contributed by atoms with E-state index in [9.17, 15) is 0 Å². The zero-order chi connectivity index (χ0) is 15.5. The molecule has 1 aliphatic rings. The first-order valence-corrected chi connectivity index (χ1v) is 9.44. The maximum absolute atomic E-state index is 6.08. The van der Waals surface area contributed by atoms with Gasteiger partial charge in [-0.05, 0) is 32.1 Å². The Labute approximate surface area is 137 Å². The number of fused-ring (bicyclic) bond motifs is 5. The minimum absolute atomic E-state index is 0.0920. The molecule has 0 N–H and O–H groups in total. The molecule has 4 heterocycles. The summed E-state index contributed by atoms with van der Waals surface area (Å²) in [6.07, 6.45) is 3.96. The molecule has 1 atom stereocenters. The molecule has 0 amide bonds. The summed E-state index contributed by atoms with van der Waals surface area (Å²) >= 11 is 3.36.